The Bertz CT molecular complexity index is 620. The Morgan fingerprint density at radius 2 is 1.90 bits per heavy atom. The van der Waals surface area contributed by atoms with E-state index in [1.807, 2.05) is 0 Å². The second-order valence-electron chi connectivity index (χ2n) is 6.57. The Morgan fingerprint density at radius 3 is 2.45 bits per heavy atom. The van der Waals surface area contributed by atoms with Gasteiger partial charge in [0.1, 0.15) is 5.82 Å². The van der Waals surface area contributed by atoms with Crippen molar-refractivity contribution in [1.82, 2.24) is 9.55 Å². The zero-order valence-electron chi connectivity index (χ0n) is 13.0. The zero-order valence-corrected chi connectivity index (χ0v) is 14.6. The van der Waals surface area contributed by atoms with E-state index in [1.165, 1.54) is 5.52 Å². The lowest BCUT2D eigenvalue weighted by Crippen LogP contribution is -2.51. The van der Waals surface area contributed by atoms with Crippen LogP contribution >= 0.6 is 15.9 Å². The number of hydrogen-bond donors (Lipinski definition) is 1. The lowest BCUT2D eigenvalue weighted by atomic mass is 9.74. The van der Waals surface area contributed by atoms with Crippen molar-refractivity contribution in [3.63, 3.8) is 0 Å². The number of imidazole rings is 1. The largest absolute Gasteiger partial charge is 0.327 e. The highest BCUT2D eigenvalue weighted by Gasteiger charge is 2.39. The van der Waals surface area contributed by atoms with E-state index < -0.39 is 0 Å². The quantitative estimate of drug-likeness (QED) is 0.907. The summed E-state index contributed by atoms with van der Waals surface area (Å²) in [6, 6.07) is 6.27. The topological polar surface area (TPSA) is 43.8 Å². The van der Waals surface area contributed by atoms with Gasteiger partial charge in [-0.1, -0.05) is 36.7 Å². The first kappa shape index (κ1) is 15.5. The Balaban J connectivity index is 2.72. The fourth-order valence-corrected chi connectivity index (χ4v) is 2.67. The molecule has 0 radical (unpaired) electrons. The summed E-state index contributed by atoms with van der Waals surface area (Å²) >= 11 is 3.52. The number of hydrogen-bond acceptors (Lipinski definition) is 2. The molecule has 1 aromatic carbocycles. The molecule has 0 atom stereocenters. The van der Waals surface area contributed by atoms with E-state index in [0.717, 1.165) is 28.8 Å². The summed E-state index contributed by atoms with van der Waals surface area (Å²) in [6.07, 6.45) is 1.08. The predicted octanol–water partition coefficient (Wildman–Crippen LogP) is 4.22. The van der Waals surface area contributed by atoms with E-state index >= 15 is 0 Å². The molecule has 4 heteroatoms. The van der Waals surface area contributed by atoms with Gasteiger partial charge in [0.2, 0.25) is 0 Å². The van der Waals surface area contributed by atoms with Crippen LogP contribution in [0, 0.1) is 0 Å². The number of benzene rings is 1. The van der Waals surface area contributed by atoms with Crippen LogP contribution in [0.4, 0.5) is 0 Å². The van der Waals surface area contributed by atoms with Gasteiger partial charge in [-0.05, 0) is 38.5 Å². The summed E-state index contributed by atoms with van der Waals surface area (Å²) in [5, 5.41) is 0. The van der Waals surface area contributed by atoms with Crippen LogP contribution in [0.2, 0.25) is 0 Å². The van der Waals surface area contributed by atoms with Crippen LogP contribution in [-0.2, 0) is 12.0 Å². The molecule has 110 valence electrons. The Hall–Kier alpha value is -0.870. The third-order valence-electron chi connectivity index (χ3n) is 4.33. The summed E-state index contributed by atoms with van der Waals surface area (Å²) in [7, 11) is 0. The Kier molecular flexibility index (Phi) is 4.00. The molecule has 0 aliphatic rings. The molecular weight excluding hydrogens is 314 g/mol. The van der Waals surface area contributed by atoms with Crippen LogP contribution in [0.3, 0.4) is 0 Å². The third kappa shape index (κ3) is 2.51. The molecule has 0 aliphatic heterocycles. The molecule has 0 saturated heterocycles. The molecule has 2 N–H and O–H groups in total. The Labute approximate surface area is 129 Å². The summed E-state index contributed by atoms with van der Waals surface area (Å²) < 4.78 is 3.37. The molecular formula is C16H24BrN3. The van der Waals surface area contributed by atoms with Crippen LogP contribution in [0.25, 0.3) is 11.0 Å². The zero-order chi connectivity index (χ0) is 15.1. The van der Waals surface area contributed by atoms with Crippen LogP contribution in [0.5, 0.6) is 0 Å². The van der Waals surface area contributed by atoms with Gasteiger partial charge >= 0.3 is 0 Å². The van der Waals surface area contributed by atoms with Crippen molar-refractivity contribution in [1.29, 1.82) is 0 Å². The van der Waals surface area contributed by atoms with Gasteiger partial charge in [-0.15, -0.1) is 0 Å². The summed E-state index contributed by atoms with van der Waals surface area (Å²) in [5.74, 6) is 1.07. The molecule has 0 aliphatic carbocycles. The minimum Gasteiger partial charge on any atom is -0.327 e. The second-order valence-corrected chi connectivity index (χ2v) is 7.48. The molecule has 0 bridgehead atoms. The number of halogens is 1. The molecule has 1 aromatic heterocycles. The summed E-state index contributed by atoms with van der Waals surface area (Å²) in [6.45, 7) is 11.6. The van der Waals surface area contributed by atoms with E-state index in [0.29, 0.717) is 0 Å². The van der Waals surface area contributed by atoms with E-state index in [9.17, 15) is 0 Å². The number of nitrogens with zero attached hydrogens (tertiary/aromatic N) is 2. The van der Waals surface area contributed by atoms with Gasteiger partial charge in [-0.2, -0.15) is 0 Å². The monoisotopic (exact) mass is 337 g/mol. The molecule has 0 saturated carbocycles. The van der Waals surface area contributed by atoms with Crippen LogP contribution < -0.4 is 5.73 Å². The average Bonchev–Trinajstić information content (AvgIpc) is 2.67. The van der Waals surface area contributed by atoms with E-state index in [1.54, 1.807) is 0 Å². The average molecular weight is 338 g/mol. The maximum absolute atomic E-state index is 6.40. The van der Waals surface area contributed by atoms with E-state index in [-0.39, 0.29) is 11.0 Å². The lowest BCUT2D eigenvalue weighted by molar-refractivity contribution is 0.282. The molecule has 1 heterocycles. The van der Waals surface area contributed by atoms with Gasteiger partial charge in [0.15, 0.2) is 0 Å². The summed E-state index contributed by atoms with van der Waals surface area (Å²) in [5.41, 5.74) is 8.07. The van der Waals surface area contributed by atoms with Gasteiger partial charge in [0.05, 0.1) is 11.0 Å². The van der Waals surface area contributed by atoms with Gasteiger partial charge in [-0.25, -0.2) is 4.98 Å². The minimum absolute atomic E-state index is 0.201. The molecule has 0 amide bonds. The molecule has 0 fully saturated rings. The van der Waals surface area contributed by atoms with Crippen molar-refractivity contribution in [3.05, 3.63) is 28.5 Å². The molecule has 2 aromatic rings. The lowest BCUT2D eigenvalue weighted by Gasteiger charge is -2.38. The first-order valence-corrected chi connectivity index (χ1v) is 7.93. The second kappa shape index (κ2) is 5.15. The van der Waals surface area contributed by atoms with E-state index in [2.05, 4.69) is 73.3 Å². The van der Waals surface area contributed by atoms with Crippen molar-refractivity contribution in [2.45, 2.75) is 58.5 Å². The van der Waals surface area contributed by atoms with Gasteiger partial charge in [-0.3, -0.25) is 0 Å². The number of fused-ring (bicyclic) bond motifs is 1. The highest BCUT2D eigenvalue weighted by molar-refractivity contribution is 9.10. The predicted molar refractivity (Wildman–Crippen MR) is 89.0 cm³/mol. The van der Waals surface area contributed by atoms with Crippen LogP contribution in [0.1, 0.15) is 46.9 Å². The normalized spacial score (nSPS) is 13.2. The standard InChI is InChI=1S/C16H24BrN3/c1-6-9-20-13-8-7-11(17)10-12(13)19-14(20)15(2,3)16(4,5)18/h7-8,10H,6,9,18H2,1-5H3. The van der Waals surface area contributed by atoms with Crippen molar-refractivity contribution in [2.75, 3.05) is 0 Å². The fourth-order valence-electron chi connectivity index (χ4n) is 2.32. The number of rotatable bonds is 4. The van der Waals surface area contributed by atoms with Gasteiger partial charge in [0.25, 0.3) is 0 Å². The SMILES string of the molecule is CCCn1c(C(C)(C)C(C)(C)N)nc2cc(Br)ccc21. The maximum atomic E-state index is 6.40. The Morgan fingerprint density at radius 1 is 1.25 bits per heavy atom. The molecule has 3 nitrogen and oxygen atoms in total. The number of nitrogens with two attached hydrogens (primary N) is 1. The number of aromatic nitrogens is 2. The van der Waals surface area contributed by atoms with Crippen LogP contribution in [-0.4, -0.2) is 15.1 Å². The number of aryl methyl sites for hydroxylation is 1. The fraction of sp³-hybridized carbons (Fsp3) is 0.562. The highest BCUT2D eigenvalue weighted by Crippen LogP contribution is 2.35. The first-order chi connectivity index (χ1) is 9.18. The molecule has 0 unspecified atom stereocenters. The van der Waals surface area contributed by atoms with Crippen LogP contribution in [0.15, 0.2) is 22.7 Å². The summed E-state index contributed by atoms with van der Waals surface area (Å²) in [4.78, 5) is 4.88. The van der Waals surface area contributed by atoms with Crippen molar-refractivity contribution in [2.24, 2.45) is 5.73 Å². The minimum atomic E-state index is -0.336. The van der Waals surface area contributed by atoms with Crippen molar-refractivity contribution >= 4 is 27.0 Å². The molecule has 2 rings (SSSR count). The van der Waals surface area contributed by atoms with Gasteiger partial charge < -0.3 is 10.3 Å². The smallest absolute Gasteiger partial charge is 0.117 e. The van der Waals surface area contributed by atoms with Gasteiger partial charge in [0, 0.05) is 22.0 Å². The van der Waals surface area contributed by atoms with Crippen molar-refractivity contribution in [3.8, 4) is 0 Å². The third-order valence-corrected chi connectivity index (χ3v) is 4.82. The molecule has 20 heavy (non-hydrogen) atoms. The van der Waals surface area contributed by atoms with E-state index in [4.69, 9.17) is 10.7 Å². The highest BCUT2D eigenvalue weighted by atomic mass is 79.9. The molecule has 0 spiro atoms. The maximum Gasteiger partial charge on any atom is 0.117 e. The first-order valence-electron chi connectivity index (χ1n) is 7.13. The van der Waals surface area contributed by atoms with Crippen molar-refractivity contribution < 1.29 is 0 Å².